The van der Waals surface area contributed by atoms with Gasteiger partial charge < -0.3 is 9.52 Å². The van der Waals surface area contributed by atoms with Gasteiger partial charge in [0.05, 0.1) is 5.56 Å². The molecular weight excluding hydrogens is 196 g/mol. The summed E-state index contributed by atoms with van der Waals surface area (Å²) in [5.41, 5.74) is 0.0995. The molecule has 0 atom stereocenters. The number of carbonyl (C=O) groups is 1. The largest absolute Gasteiger partial charge is 0.481 e. The smallest absolute Gasteiger partial charge is 0.281 e. The van der Waals surface area contributed by atoms with Crippen molar-refractivity contribution in [3.63, 3.8) is 0 Å². The van der Waals surface area contributed by atoms with Gasteiger partial charge in [-0.25, -0.2) is 0 Å². The highest BCUT2D eigenvalue weighted by atomic mass is 16.5. The predicted octanol–water partition coefficient (Wildman–Crippen LogP) is 1.59. The zero-order chi connectivity index (χ0) is 11.3. The van der Waals surface area contributed by atoms with Crippen molar-refractivity contribution in [3.8, 4) is 5.95 Å². The summed E-state index contributed by atoms with van der Waals surface area (Å²) in [6, 6.07) is 5.75. The summed E-state index contributed by atoms with van der Waals surface area (Å²) in [6.07, 6.45) is 1.29. The van der Waals surface area contributed by atoms with E-state index in [4.69, 9.17) is 4.42 Å². The van der Waals surface area contributed by atoms with E-state index >= 15 is 0 Å². The first-order valence-corrected chi connectivity index (χ1v) is 4.25. The molecule has 4 heteroatoms. The Labute approximate surface area is 86.1 Å². The summed E-state index contributed by atoms with van der Waals surface area (Å²) in [5, 5.41) is 9.20. The van der Waals surface area contributed by atoms with Crippen molar-refractivity contribution in [2.75, 3.05) is 0 Å². The summed E-state index contributed by atoms with van der Waals surface area (Å²) in [7, 11) is 0. The normalized spacial score (nSPS) is 9.13. The van der Waals surface area contributed by atoms with Crippen molar-refractivity contribution < 1.29 is 14.3 Å². The molecule has 0 spiro atoms. The Morgan fingerprint density at radius 3 is 2.80 bits per heavy atom. The lowest BCUT2D eigenvalue weighted by Crippen LogP contribution is -2.02. The number of hydrogen-bond donors (Lipinski definition) is 1. The molecule has 0 aliphatic rings. The van der Waals surface area contributed by atoms with Gasteiger partial charge in [0.2, 0.25) is 0 Å². The third kappa shape index (κ3) is 3.27. The molecule has 15 heavy (non-hydrogen) atoms. The van der Waals surface area contributed by atoms with E-state index in [2.05, 4.69) is 0 Å². The lowest BCUT2D eigenvalue weighted by atomic mass is 10.3. The van der Waals surface area contributed by atoms with Gasteiger partial charge >= 0.3 is 0 Å². The van der Waals surface area contributed by atoms with Crippen molar-refractivity contribution in [1.82, 2.24) is 0 Å². The lowest BCUT2D eigenvalue weighted by molar-refractivity contribution is 0.112. The molecule has 1 N–H and O–H groups in total. The molecule has 1 aromatic heterocycles. The van der Waals surface area contributed by atoms with Crippen LogP contribution in [0.15, 0.2) is 39.7 Å². The number of aromatic hydroxyl groups is 1. The van der Waals surface area contributed by atoms with E-state index in [0.29, 0.717) is 6.29 Å². The van der Waals surface area contributed by atoms with Crippen molar-refractivity contribution in [3.05, 3.63) is 51.9 Å². The number of hydrogen-bond acceptors (Lipinski definition) is 4. The fourth-order valence-electron chi connectivity index (χ4n) is 0.928. The van der Waals surface area contributed by atoms with Crippen LogP contribution in [0.3, 0.4) is 0 Å². The van der Waals surface area contributed by atoms with E-state index in [1.54, 1.807) is 13.0 Å². The molecule has 0 aromatic carbocycles. The van der Waals surface area contributed by atoms with E-state index in [1.807, 2.05) is 0 Å². The van der Waals surface area contributed by atoms with Crippen LogP contribution in [0.4, 0.5) is 0 Å². The second kappa shape index (κ2) is 4.95. The number of aryl methyl sites for hydroxylation is 1. The minimum Gasteiger partial charge on any atom is -0.481 e. The summed E-state index contributed by atoms with van der Waals surface area (Å²) in [6.45, 7) is 1.74. The van der Waals surface area contributed by atoms with Crippen molar-refractivity contribution in [2.45, 2.75) is 6.92 Å². The average Bonchev–Trinajstić information content (AvgIpc) is 2.17. The van der Waals surface area contributed by atoms with Gasteiger partial charge in [0.1, 0.15) is 6.26 Å². The highest BCUT2D eigenvalue weighted by Gasteiger charge is 1.93. The van der Waals surface area contributed by atoms with Crippen molar-refractivity contribution in [2.24, 2.45) is 0 Å². The van der Waals surface area contributed by atoms with Crippen molar-refractivity contribution in [1.29, 1.82) is 0 Å². The molecule has 0 bridgehead atoms. The van der Waals surface area contributed by atoms with E-state index in [1.165, 1.54) is 18.2 Å². The molecule has 1 rings (SSSR count). The average molecular weight is 206 g/mol. The molecule has 0 aliphatic heterocycles. The molecule has 0 aliphatic carbocycles. The number of rotatable bonds is 1. The van der Waals surface area contributed by atoms with Gasteiger partial charge in [-0.15, -0.1) is 0 Å². The van der Waals surface area contributed by atoms with Crippen molar-refractivity contribution >= 4 is 6.29 Å². The molecule has 0 saturated carbocycles. The van der Waals surface area contributed by atoms with Gasteiger partial charge in [-0.05, 0) is 18.6 Å². The van der Waals surface area contributed by atoms with Gasteiger partial charge in [0.25, 0.3) is 5.95 Å². The van der Waals surface area contributed by atoms with Crippen LogP contribution in [0.2, 0.25) is 0 Å². The molecule has 0 saturated heterocycles. The zero-order valence-corrected chi connectivity index (χ0v) is 8.14. The van der Waals surface area contributed by atoms with Gasteiger partial charge in [0, 0.05) is 6.07 Å². The first-order chi connectivity index (χ1) is 7.13. The topological polar surface area (TPSA) is 67.5 Å². The molecule has 0 fully saturated rings. The molecule has 4 nitrogen and oxygen atoms in total. The third-order valence-electron chi connectivity index (χ3n) is 1.68. The molecule has 1 aromatic rings. The monoisotopic (exact) mass is 206 g/mol. The Bertz CT molecular complexity index is 472. The Morgan fingerprint density at radius 1 is 1.40 bits per heavy atom. The molecule has 0 amide bonds. The minimum absolute atomic E-state index is 0.154. The van der Waals surface area contributed by atoms with Crippen LogP contribution in [-0.2, 0) is 0 Å². The number of aldehydes is 1. The Balaban J connectivity index is 3.56. The van der Waals surface area contributed by atoms with Crippen LogP contribution < -0.4 is 5.43 Å². The molecule has 78 valence electrons. The van der Waals surface area contributed by atoms with E-state index in [9.17, 15) is 14.7 Å². The minimum atomic E-state index is -0.469. The molecule has 1 heterocycles. The molecule has 0 unspecified atom stereocenters. The quantitative estimate of drug-likeness (QED) is 0.708. The van der Waals surface area contributed by atoms with E-state index < -0.39 is 5.43 Å². The summed E-state index contributed by atoms with van der Waals surface area (Å²) < 4.78 is 4.69. The van der Waals surface area contributed by atoms with Crippen LogP contribution in [0.5, 0.6) is 5.95 Å². The Hall–Kier alpha value is -2.10. The number of carbonyl (C=O) groups excluding carboxylic acids is 1. The van der Waals surface area contributed by atoms with Gasteiger partial charge in [0.15, 0.2) is 11.7 Å². The maximum absolute atomic E-state index is 11.3. The maximum atomic E-state index is 11.3. The SMILES string of the molecule is Cc1cccc(=O)c(C=O)coc(O)c1. The van der Waals surface area contributed by atoms with Crippen LogP contribution in [0.1, 0.15) is 15.9 Å². The highest BCUT2D eigenvalue weighted by molar-refractivity contribution is 5.73. The first kappa shape index (κ1) is 11.0. The fraction of sp³-hybridized carbons (Fsp3) is 0.0909. The van der Waals surface area contributed by atoms with Crippen LogP contribution in [0, 0.1) is 6.92 Å². The fourth-order valence-corrected chi connectivity index (χ4v) is 0.928. The van der Waals surface area contributed by atoms with Crippen LogP contribution in [-0.4, -0.2) is 11.4 Å². The first-order valence-electron chi connectivity index (χ1n) is 4.25. The highest BCUT2D eigenvalue weighted by Crippen LogP contribution is 2.05. The molecular formula is C11H10O4. The predicted molar refractivity (Wildman–Crippen MR) is 54.4 cm³/mol. The standard InChI is InChI=1S/C11H10O4/c1-8-3-2-4-10(13)9(6-12)7-15-11(14)5-8/h2-7,14H,1H3. The summed E-state index contributed by atoms with van der Waals surface area (Å²) in [5.74, 6) is -0.369. The Morgan fingerprint density at radius 2 is 2.13 bits per heavy atom. The van der Waals surface area contributed by atoms with Gasteiger partial charge in [-0.2, -0.15) is 0 Å². The summed E-state index contributed by atoms with van der Waals surface area (Å²) >= 11 is 0. The van der Waals surface area contributed by atoms with E-state index in [0.717, 1.165) is 11.8 Å². The molecule has 0 radical (unpaired) electrons. The van der Waals surface area contributed by atoms with Crippen LogP contribution >= 0.6 is 0 Å². The van der Waals surface area contributed by atoms with E-state index in [-0.39, 0.29) is 11.5 Å². The lowest BCUT2D eigenvalue weighted by Gasteiger charge is -1.88. The summed E-state index contributed by atoms with van der Waals surface area (Å²) in [4.78, 5) is 21.8. The van der Waals surface area contributed by atoms with Gasteiger partial charge in [-0.1, -0.05) is 12.1 Å². The zero-order valence-electron chi connectivity index (χ0n) is 8.14. The van der Waals surface area contributed by atoms with Crippen LogP contribution in [0.25, 0.3) is 0 Å². The Kier molecular flexibility index (Phi) is 3.62. The van der Waals surface area contributed by atoms with Gasteiger partial charge in [-0.3, -0.25) is 9.59 Å². The second-order valence-electron chi connectivity index (χ2n) is 2.93. The third-order valence-corrected chi connectivity index (χ3v) is 1.68. The second-order valence-corrected chi connectivity index (χ2v) is 2.93. The maximum Gasteiger partial charge on any atom is 0.281 e.